The van der Waals surface area contributed by atoms with Crippen LogP contribution in [0.15, 0.2) is 24.3 Å². The molecule has 1 unspecified atom stereocenters. The number of hydrogen-bond donors (Lipinski definition) is 2. The summed E-state index contributed by atoms with van der Waals surface area (Å²) in [5.41, 5.74) is 1.94. The quantitative estimate of drug-likeness (QED) is 0.855. The molecule has 0 aromatic heterocycles. The largest absolute Gasteiger partial charge is 0.385 e. The predicted molar refractivity (Wildman–Crippen MR) is 75.2 cm³/mol. The van der Waals surface area contributed by atoms with Crippen molar-refractivity contribution < 1.29 is 9.53 Å². The molecule has 0 spiro atoms. The molecule has 1 aromatic carbocycles. The van der Waals surface area contributed by atoms with Gasteiger partial charge in [0.05, 0.1) is 6.61 Å². The van der Waals surface area contributed by atoms with Crippen molar-refractivity contribution >= 4 is 17.3 Å². The summed E-state index contributed by atoms with van der Waals surface area (Å²) in [5, 5.41) is 6.38. The first-order chi connectivity index (χ1) is 9.31. The van der Waals surface area contributed by atoms with Crippen molar-refractivity contribution in [3.63, 3.8) is 0 Å². The first-order valence-corrected chi connectivity index (χ1v) is 7.04. The highest BCUT2D eigenvalue weighted by Gasteiger charge is 2.29. The number of carbonyl (C=O) groups excluding carboxylic acids is 1. The van der Waals surface area contributed by atoms with E-state index in [4.69, 9.17) is 4.74 Å². The number of hydrogen-bond acceptors (Lipinski definition) is 3. The molecule has 2 fully saturated rings. The Bertz CT molecular complexity index is 451. The fourth-order valence-electron chi connectivity index (χ4n) is 2.30. The molecular formula is C15H20N2O2. The first kappa shape index (κ1) is 12.5. The number of rotatable bonds is 5. The second-order valence-electron chi connectivity index (χ2n) is 5.45. The lowest BCUT2D eigenvalue weighted by Gasteiger charge is -2.12. The molecule has 2 aliphatic rings. The number of nitrogens with one attached hydrogen (secondary N) is 2. The molecule has 19 heavy (non-hydrogen) atoms. The standard InChI is InChI=1S/C15H20N2O2/c18-15(12-4-5-12)17-14-3-1-2-13(8-14)16-9-11-6-7-19-10-11/h1-3,8,11-12,16H,4-7,9-10H2,(H,17,18). The van der Waals surface area contributed by atoms with Gasteiger partial charge in [-0.2, -0.15) is 0 Å². The average Bonchev–Trinajstić information content (AvgIpc) is 3.14. The lowest BCUT2D eigenvalue weighted by atomic mass is 10.1. The molecule has 1 heterocycles. The van der Waals surface area contributed by atoms with Crippen molar-refractivity contribution in [1.82, 2.24) is 0 Å². The van der Waals surface area contributed by atoms with Gasteiger partial charge >= 0.3 is 0 Å². The van der Waals surface area contributed by atoms with Crippen molar-refractivity contribution in [2.24, 2.45) is 11.8 Å². The Morgan fingerprint density at radius 3 is 2.84 bits per heavy atom. The van der Waals surface area contributed by atoms with Crippen LogP contribution in [0.25, 0.3) is 0 Å². The van der Waals surface area contributed by atoms with E-state index in [2.05, 4.69) is 10.6 Å². The number of carbonyl (C=O) groups is 1. The van der Waals surface area contributed by atoms with E-state index in [9.17, 15) is 4.79 Å². The molecule has 3 rings (SSSR count). The van der Waals surface area contributed by atoms with Gasteiger partial charge in [0, 0.05) is 36.4 Å². The summed E-state index contributed by atoms with van der Waals surface area (Å²) in [4.78, 5) is 11.7. The SMILES string of the molecule is O=C(Nc1cccc(NCC2CCOC2)c1)C1CC1. The lowest BCUT2D eigenvalue weighted by molar-refractivity contribution is -0.117. The average molecular weight is 260 g/mol. The molecule has 1 amide bonds. The van der Waals surface area contributed by atoms with Gasteiger partial charge in [0.25, 0.3) is 0 Å². The van der Waals surface area contributed by atoms with E-state index in [1.54, 1.807) is 0 Å². The molecule has 1 aliphatic carbocycles. The van der Waals surface area contributed by atoms with Gasteiger partial charge in [0.15, 0.2) is 0 Å². The van der Waals surface area contributed by atoms with E-state index in [0.717, 1.165) is 50.4 Å². The van der Waals surface area contributed by atoms with E-state index >= 15 is 0 Å². The highest BCUT2D eigenvalue weighted by Crippen LogP contribution is 2.30. The Morgan fingerprint density at radius 1 is 1.26 bits per heavy atom. The summed E-state index contributed by atoms with van der Waals surface area (Å²) < 4.78 is 5.36. The van der Waals surface area contributed by atoms with Crippen LogP contribution in [-0.4, -0.2) is 25.7 Å². The minimum atomic E-state index is 0.154. The van der Waals surface area contributed by atoms with Crippen LogP contribution in [0, 0.1) is 11.8 Å². The van der Waals surface area contributed by atoms with Crippen molar-refractivity contribution in [1.29, 1.82) is 0 Å². The Hall–Kier alpha value is -1.55. The zero-order chi connectivity index (χ0) is 13.1. The van der Waals surface area contributed by atoms with Gasteiger partial charge in [-0.15, -0.1) is 0 Å². The fourth-order valence-corrected chi connectivity index (χ4v) is 2.30. The van der Waals surface area contributed by atoms with Crippen LogP contribution < -0.4 is 10.6 Å². The second-order valence-corrected chi connectivity index (χ2v) is 5.45. The van der Waals surface area contributed by atoms with Gasteiger partial charge < -0.3 is 15.4 Å². The smallest absolute Gasteiger partial charge is 0.227 e. The van der Waals surface area contributed by atoms with E-state index in [1.807, 2.05) is 24.3 Å². The topological polar surface area (TPSA) is 50.4 Å². The highest BCUT2D eigenvalue weighted by molar-refractivity contribution is 5.94. The molecule has 4 nitrogen and oxygen atoms in total. The normalized spacial score (nSPS) is 22.2. The summed E-state index contributed by atoms with van der Waals surface area (Å²) >= 11 is 0. The third kappa shape index (κ3) is 3.47. The first-order valence-electron chi connectivity index (χ1n) is 7.04. The van der Waals surface area contributed by atoms with Crippen LogP contribution in [0.5, 0.6) is 0 Å². The van der Waals surface area contributed by atoms with Crippen molar-refractivity contribution in [2.75, 3.05) is 30.4 Å². The zero-order valence-corrected chi connectivity index (χ0v) is 11.0. The lowest BCUT2D eigenvalue weighted by Crippen LogP contribution is -2.15. The molecule has 1 saturated heterocycles. The van der Waals surface area contributed by atoms with Gasteiger partial charge in [-0.3, -0.25) is 4.79 Å². The molecule has 102 valence electrons. The molecule has 0 bridgehead atoms. The molecular weight excluding hydrogens is 240 g/mol. The van der Waals surface area contributed by atoms with E-state index < -0.39 is 0 Å². The van der Waals surface area contributed by atoms with Gasteiger partial charge in [-0.05, 0) is 37.5 Å². The molecule has 1 aromatic rings. The predicted octanol–water partition coefficient (Wildman–Crippen LogP) is 2.48. The summed E-state index contributed by atoms with van der Waals surface area (Å²) in [5.74, 6) is 0.998. The Morgan fingerprint density at radius 2 is 2.11 bits per heavy atom. The van der Waals surface area contributed by atoms with Crippen LogP contribution in [0.4, 0.5) is 11.4 Å². The summed E-state index contributed by atoms with van der Waals surface area (Å²) in [7, 11) is 0. The molecule has 1 atom stereocenters. The highest BCUT2D eigenvalue weighted by atomic mass is 16.5. The zero-order valence-electron chi connectivity index (χ0n) is 11.0. The Labute approximate surface area is 113 Å². The molecule has 4 heteroatoms. The third-order valence-electron chi connectivity index (χ3n) is 3.70. The van der Waals surface area contributed by atoms with Crippen molar-refractivity contribution in [2.45, 2.75) is 19.3 Å². The fraction of sp³-hybridized carbons (Fsp3) is 0.533. The maximum atomic E-state index is 11.7. The van der Waals surface area contributed by atoms with E-state index in [-0.39, 0.29) is 11.8 Å². The molecule has 2 N–H and O–H groups in total. The molecule has 1 aliphatic heterocycles. The number of anilines is 2. The maximum Gasteiger partial charge on any atom is 0.227 e. The third-order valence-corrected chi connectivity index (χ3v) is 3.70. The number of ether oxygens (including phenoxy) is 1. The minimum Gasteiger partial charge on any atom is -0.385 e. The monoisotopic (exact) mass is 260 g/mol. The summed E-state index contributed by atoms with van der Waals surface area (Å²) in [6.07, 6.45) is 3.20. The van der Waals surface area contributed by atoms with Crippen LogP contribution in [-0.2, 0) is 9.53 Å². The summed E-state index contributed by atoms with van der Waals surface area (Å²) in [6.45, 7) is 2.66. The molecule has 0 radical (unpaired) electrons. The second kappa shape index (κ2) is 5.61. The summed E-state index contributed by atoms with van der Waals surface area (Å²) in [6, 6.07) is 7.93. The number of amides is 1. The van der Waals surface area contributed by atoms with Crippen molar-refractivity contribution in [3.05, 3.63) is 24.3 Å². The van der Waals surface area contributed by atoms with Crippen LogP contribution in [0.3, 0.4) is 0 Å². The Kier molecular flexibility index (Phi) is 3.69. The van der Waals surface area contributed by atoms with Crippen LogP contribution in [0.2, 0.25) is 0 Å². The van der Waals surface area contributed by atoms with Crippen molar-refractivity contribution in [3.8, 4) is 0 Å². The van der Waals surface area contributed by atoms with Crippen LogP contribution >= 0.6 is 0 Å². The van der Waals surface area contributed by atoms with E-state index in [0.29, 0.717) is 5.92 Å². The van der Waals surface area contributed by atoms with E-state index in [1.165, 1.54) is 0 Å². The number of benzene rings is 1. The minimum absolute atomic E-state index is 0.154. The van der Waals surface area contributed by atoms with Gasteiger partial charge in [-0.25, -0.2) is 0 Å². The van der Waals surface area contributed by atoms with Gasteiger partial charge in [0.1, 0.15) is 0 Å². The maximum absolute atomic E-state index is 11.7. The Balaban J connectivity index is 1.54. The molecule has 1 saturated carbocycles. The van der Waals surface area contributed by atoms with Gasteiger partial charge in [-0.1, -0.05) is 6.07 Å². The van der Waals surface area contributed by atoms with Gasteiger partial charge in [0.2, 0.25) is 5.91 Å². The van der Waals surface area contributed by atoms with Crippen LogP contribution in [0.1, 0.15) is 19.3 Å².